The third kappa shape index (κ3) is 4.80. The predicted octanol–water partition coefficient (Wildman–Crippen LogP) is 3.33. The number of hydrogen-bond donors (Lipinski definition) is 2. The first-order valence-corrected chi connectivity index (χ1v) is 6.64. The lowest BCUT2D eigenvalue weighted by molar-refractivity contribution is 0.246. The number of ether oxygens (including phenoxy) is 1. The molecule has 0 aliphatic heterocycles. The van der Waals surface area contributed by atoms with Crippen molar-refractivity contribution in [3.05, 3.63) is 59.9 Å². The third-order valence-electron chi connectivity index (χ3n) is 2.76. The smallest absolute Gasteiger partial charge is 0.319 e. The molecule has 4 nitrogen and oxygen atoms in total. The van der Waals surface area contributed by atoms with Crippen LogP contribution in [0.4, 0.5) is 14.9 Å². The van der Waals surface area contributed by atoms with Gasteiger partial charge in [-0.3, -0.25) is 0 Å². The van der Waals surface area contributed by atoms with Crippen LogP contribution in [0.2, 0.25) is 0 Å². The minimum Gasteiger partial charge on any atom is -0.489 e. The number of rotatable bonds is 5. The van der Waals surface area contributed by atoms with E-state index in [1.807, 2.05) is 31.2 Å². The second kappa shape index (κ2) is 7.28. The predicted molar refractivity (Wildman–Crippen MR) is 80.1 cm³/mol. The number of amides is 2. The Hall–Kier alpha value is -2.56. The van der Waals surface area contributed by atoms with Crippen molar-refractivity contribution in [1.29, 1.82) is 0 Å². The zero-order chi connectivity index (χ0) is 15.1. The Morgan fingerprint density at radius 1 is 1.19 bits per heavy atom. The zero-order valence-corrected chi connectivity index (χ0v) is 11.7. The lowest BCUT2D eigenvalue weighted by atomic mass is 10.2. The molecule has 2 aromatic rings. The topological polar surface area (TPSA) is 50.4 Å². The fraction of sp³-hybridized carbons (Fsp3) is 0.188. The van der Waals surface area contributed by atoms with E-state index in [4.69, 9.17) is 4.74 Å². The summed E-state index contributed by atoms with van der Waals surface area (Å²) in [6.45, 7) is 2.43. The van der Waals surface area contributed by atoms with E-state index in [0.717, 1.165) is 11.3 Å². The van der Waals surface area contributed by atoms with Crippen LogP contribution in [-0.4, -0.2) is 19.2 Å². The molecule has 2 N–H and O–H groups in total. The largest absolute Gasteiger partial charge is 0.489 e. The summed E-state index contributed by atoms with van der Waals surface area (Å²) < 4.78 is 18.5. The van der Waals surface area contributed by atoms with Crippen molar-refractivity contribution in [2.45, 2.75) is 6.92 Å². The lowest BCUT2D eigenvalue weighted by Gasteiger charge is -2.09. The van der Waals surface area contributed by atoms with Gasteiger partial charge in [0.2, 0.25) is 0 Å². The molecule has 0 aliphatic rings. The molecule has 0 fully saturated rings. The van der Waals surface area contributed by atoms with Gasteiger partial charge in [0.15, 0.2) is 11.6 Å². The summed E-state index contributed by atoms with van der Waals surface area (Å²) >= 11 is 0. The van der Waals surface area contributed by atoms with Crippen LogP contribution in [0.15, 0.2) is 48.5 Å². The molecule has 0 bridgehead atoms. The van der Waals surface area contributed by atoms with Crippen LogP contribution in [0.25, 0.3) is 0 Å². The maximum atomic E-state index is 13.3. The number of hydrogen-bond acceptors (Lipinski definition) is 2. The minimum atomic E-state index is -0.415. The number of para-hydroxylation sites is 1. The van der Waals surface area contributed by atoms with Gasteiger partial charge in [0.05, 0.1) is 6.54 Å². The summed E-state index contributed by atoms with van der Waals surface area (Å²) in [7, 11) is 0. The number of aryl methyl sites for hydroxylation is 1. The highest BCUT2D eigenvalue weighted by molar-refractivity contribution is 5.89. The van der Waals surface area contributed by atoms with Gasteiger partial charge >= 0.3 is 6.03 Å². The van der Waals surface area contributed by atoms with Crippen molar-refractivity contribution >= 4 is 11.7 Å². The Morgan fingerprint density at radius 2 is 2.00 bits per heavy atom. The van der Waals surface area contributed by atoms with E-state index in [1.54, 1.807) is 18.2 Å². The molecule has 2 rings (SSSR count). The van der Waals surface area contributed by atoms with Crippen LogP contribution in [-0.2, 0) is 0 Å². The van der Waals surface area contributed by atoms with E-state index < -0.39 is 5.82 Å². The van der Waals surface area contributed by atoms with Crippen molar-refractivity contribution in [3.63, 3.8) is 0 Å². The Labute approximate surface area is 122 Å². The Morgan fingerprint density at radius 3 is 2.76 bits per heavy atom. The molecule has 110 valence electrons. The summed E-state index contributed by atoms with van der Waals surface area (Å²) in [5.74, 6) is -0.236. The second-order valence-corrected chi connectivity index (χ2v) is 4.53. The number of carbonyl (C=O) groups excluding carboxylic acids is 1. The van der Waals surface area contributed by atoms with Gasteiger partial charge in [0, 0.05) is 5.69 Å². The molecule has 2 aromatic carbocycles. The van der Waals surface area contributed by atoms with Crippen LogP contribution in [0, 0.1) is 12.7 Å². The number of anilines is 1. The molecule has 0 atom stereocenters. The van der Waals surface area contributed by atoms with Crippen molar-refractivity contribution < 1.29 is 13.9 Å². The number of halogens is 1. The van der Waals surface area contributed by atoms with Crippen LogP contribution in [0.1, 0.15) is 5.56 Å². The van der Waals surface area contributed by atoms with Crippen LogP contribution in [0.5, 0.6) is 5.75 Å². The van der Waals surface area contributed by atoms with Crippen LogP contribution < -0.4 is 15.4 Å². The summed E-state index contributed by atoms with van der Waals surface area (Å²) in [4.78, 5) is 11.7. The molecule has 0 saturated heterocycles. The van der Waals surface area contributed by atoms with Crippen LogP contribution in [0.3, 0.4) is 0 Å². The third-order valence-corrected chi connectivity index (χ3v) is 2.76. The first-order chi connectivity index (χ1) is 10.1. The molecule has 21 heavy (non-hydrogen) atoms. The molecular weight excluding hydrogens is 271 g/mol. The van der Waals surface area contributed by atoms with E-state index >= 15 is 0 Å². The van der Waals surface area contributed by atoms with E-state index in [9.17, 15) is 9.18 Å². The number of benzene rings is 2. The fourth-order valence-electron chi connectivity index (χ4n) is 1.79. The van der Waals surface area contributed by atoms with Crippen molar-refractivity contribution in [2.75, 3.05) is 18.5 Å². The van der Waals surface area contributed by atoms with Crippen LogP contribution >= 0.6 is 0 Å². The maximum absolute atomic E-state index is 13.3. The lowest BCUT2D eigenvalue weighted by Crippen LogP contribution is -2.32. The highest BCUT2D eigenvalue weighted by Gasteiger charge is 2.03. The van der Waals surface area contributed by atoms with E-state index in [1.165, 1.54) is 6.07 Å². The number of nitrogens with one attached hydrogen (secondary N) is 2. The quantitative estimate of drug-likeness (QED) is 0.829. The fourth-order valence-corrected chi connectivity index (χ4v) is 1.79. The van der Waals surface area contributed by atoms with Gasteiger partial charge in [-0.05, 0) is 36.8 Å². The summed E-state index contributed by atoms with van der Waals surface area (Å²) in [5, 5.41) is 5.36. The monoisotopic (exact) mass is 288 g/mol. The number of carbonyl (C=O) groups is 1. The molecule has 0 radical (unpaired) electrons. The summed E-state index contributed by atoms with van der Waals surface area (Å²) in [6.07, 6.45) is 0. The number of urea groups is 1. The molecule has 0 unspecified atom stereocenters. The van der Waals surface area contributed by atoms with Gasteiger partial charge < -0.3 is 15.4 Å². The minimum absolute atomic E-state index is 0.179. The molecule has 0 aliphatic carbocycles. The molecule has 5 heteroatoms. The Balaban J connectivity index is 1.71. The normalized spacial score (nSPS) is 10.0. The first-order valence-electron chi connectivity index (χ1n) is 6.64. The highest BCUT2D eigenvalue weighted by Crippen LogP contribution is 2.14. The Kier molecular flexibility index (Phi) is 5.15. The van der Waals surface area contributed by atoms with E-state index in [-0.39, 0.29) is 24.9 Å². The van der Waals surface area contributed by atoms with Gasteiger partial charge in [-0.15, -0.1) is 0 Å². The maximum Gasteiger partial charge on any atom is 0.319 e. The Bertz CT molecular complexity index is 617. The van der Waals surface area contributed by atoms with E-state index in [2.05, 4.69) is 10.6 Å². The van der Waals surface area contributed by atoms with Gasteiger partial charge in [-0.25, -0.2) is 9.18 Å². The molecule has 0 heterocycles. The standard InChI is InChI=1S/C16H17FN2O2/c1-12-5-4-6-13(11-12)19-16(20)18-9-10-21-15-8-3-2-7-14(15)17/h2-8,11H,9-10H2,1H3,(H2,18,19,20). The van der Waals surface area contributed by atoms with E-state index in [0.29, 0.717) is 0 Å². The second-order valence-electron chi connectivity index (χ2n) is 4.53. The van der Waals surface area contributed by atoms with Crippen molar-refractivity contribution in [2.24, 2.45) is 0 Å². The summed E-state index contributed by atoms with van der Waals surface area (Å²) in [5.41, 5.74) is 1.79. The summed E-state index contributed by atoms with van der Waals surface area (Å²) in [6, 6.07) is 13.3. The molecule has 0 aromatic heterocycles. The first kappa shape index (κ1) is 14.8. The van der Waals surface area contributed by atoms with Gasteiger partial charge in [0.25, 0.3) is 0 Å². The van der Waals surface area contributed by atoms with Crippen molar-refractivity contribution in [1.82, 2.24) is 5.32 Å². The zero-order valence-electron chi connectivity index (χ0n) is 11.7. The molecule has 2 amide bonds. The molecule has 0 saturated carbocycles. The SMILES string of the molecule is Cc1cccc(NC(=O)NCCOc2ccccc2F)c1. The average molecular weight is 288 g/mol. The van der Waals surface area contributed by atoms with Gasteiger partial charge in [-0.1, -0.05) is 24.3 Å². The highest BCUT2D eigenvalue weighted by atomic mass is 19.1. The van der Waals surface area contributed by atoms with Crippen molar-refractivity contribution in [3.8, 4) is 5.75 Å². The van der Waals surface area contributed by atoms with Gasteiger partial charge in [-0.2, -0.15) is 0 Å². The molecule has 0 spiro atoms. The van der Waals surface area contributed by atoms with Gasteiger partial charge in [0.1, 0.15) is 6.61 Å². The average Bonchev–Trinajstić information content (AvgIpc) is 2.45. The molecular formula is C16H17FN2O2.